The minimum Gasteiger partial charge on any atom is -0.352 e. The molecule has 1 atom stereocenters. The quantitative estimate of drug-likeness (QED) is 0.836. The maximum Gasteiger partial charge on any atom is 0.251 e. The van der Waals surface area contributed by atoms with E-state index in [9.17, 15) is 18.8 Å². The van der Waals surface area contributed by atoms with Gasteiger partial charge in [-0.05, 0) is 56.9 Å². The molecule has 6 nitrogen and oxygen atoms in total. The third-order valence-corrected chi connectivity index (χ3v) is 4.56. The molecule has 1 aromatic carbocycles. The third-order valence-electron chi connectivity index (χ3n) is 4.56. The lowest BCUT2D eigenvalue weighted by atomic mass is 9.88. The van der Waals surface area contributed by atoms with Gasteiger partial charge in [-0.2, -0.15) is 0 Å². The molecule has 1 aliphatic rings. The van der Waals surface area contributed by atoms with Crippen molar-refractivity contribution in [1.29, 1.82) is 0 Å². The van der Waals surface area contributed by atoms with E-state index in [2.05, 4.69) is 10.6 Å². The van der Waals surface area contributed by atoms with Crippen LogP contribution >= 0.6 is 0 Å². The van der Waals surface area contributed by atoms with E-state index in [1.165, 1.54) is 31.2 Å². The first-order valence-corrected chi connectivity index (χ1v) is 8.90. The van der Waals surface area contributed by atoms with Gasteiger partial charge < -0.3 is 15.5 Å². The largest absolute Gasteiger partial charge is 0.352 e. The molecule has 1 fully saturated rings. The van der Waals surface area contributed by atoms with Crippen molar-refractivity contribution in [3.8, 4) is 0 Å². The van der Waals surface area contributed by atoms with Gasteiger partial charge in [-0.3, -0.25) is 14.4 Å². The molecule has 1 saturated heterocycles. The highest BCUT2D eigenvalue weighted by Gasteiger charge is 2.33. The summed E-state index contributed by atoms with van der Waals surface area (Å²) >= 11 is 0. The van der Waals surface area contributed by atoms with Crippen molar-refractivity contribution in [3.63, 3.8) is 0 Å². The summed E-state index contributed by atoms with van der Waals surface area (Å²) in [6.45, 7) is 6.37. The molecule has 142 valence electrons. The second-order valence-corrected chi connectivity index (χ2v) is 6.96. The first-order chi connectivity index (χ1) is 12.3. The monoisotopic (exact) mass is 363 g/mol. The predicted octanol–water partition coefficient (Wildman–Crippen LogP) is 1.71. The van der Waals surface area contributed by atoms with Crippen LogP contribution in [0.15, 0.2) is 24.3 Å². The van der Waals surface area contributed by atoms with Crippen molar-refractivity contribution >= 4 is 17.7 Å². The molecular formula is C19H26FN3O3. The van der Waals surface area contributed by atoms with Crippen LogP contribution in [0.25, 0.3) is 0 Å². The van der Waals surface area contributed by atoms with E-state index in [4.69, 9.17) is 0 Å². The number of halogens is 1. The summed E-state index contributed by atoms with van der Waals surface area (Å²) in [5, 5.41) is 5.64. The number of likely N-dealkylation sites (tertiary alicyclic amines) is 1. The van der Waals surface area contributed by atoms with Crippen molar-refractivity contribution in [2.45, 2.75) is 45.7 Å². The molecule has 0 aromatic heterocycles. The van der Waals surface area contributed by atoms with Crippen LogP contribution in [0.2, 0.25) is 0 Å². The molecule has 0 radical (unpaired) electrons. The molecule has 26 heavy (non-hydrogen) atoms. The van der Waals surface area contributed by atoms with Crippen LogP contribution in [0.5, 0.6) is 0 Å². The van der Waals surface area contributed by atoms with Crippen molar-refractivity contribution in [2.75, 3.05) is 13.1 Å². The first-order valence-electron chi connectivity index (χ1n) is 8.90. The fraction of sp³-hybridized carbons (Fsp3) is 0.526. The number of hydrogen-bond donors (Lipinski definition) is 2. The maximum atomic E-state index is 13.0. The van der Waals surface area contributed by atoms with Gasteiger partial charge in [-0.15, -0.1) is 0 Å². The van der Waals surface area contributed by atoms with Gasteiger partial charge in [0, 0.05) is 31.6 Å². The Balaban J connectivity index is 2.11. The second kappa shape index (κ2) is 8.78. The number of carbonyl (C=O) groups excluding carboxylic acids is 3. The van der Waals surface area contributed by atoms with Gasteiger partial charge in [0.05, 0.1) is 0 Å². The molecule has 0 spiro atoms. The number of amides is 3. The van der Waals surface area contributed by atoms with Crippen molar-refractivity contribution in [2.24, 2.45) is 5.92 Å². The Labute approximate surface area is 153 Å². The van der Waals surface area contributed by atoms with Crippen molar-refractivity contribution < 1.29 is 18.8 Å². The Bertz CT molecular complexity index is 652. The lowest BCUT2D eigenvalue weighted by Gasteiger charge is -2.35. The molecule has 1 aromatic rings. The number of nitrogens with zero attached hydrogens (tertiary/aromatic N) is 1. The van der Waals surface area contributed by atoms with Gasteiger partial charge in [-0.25, -0.2) is 4.39 Å². The van der Waals surface area contributed by atoms with Gasteiger partial charge in [0.25, 0.3) is 5.91 Å². The molecule has 1 heterocycles. The van der Waals surface area contributed by atoms with Crippen LogP contribution in [0.4, 0.5) is 4.39 Å². The normalized spacial score (nSPS) is 16.3. The topological polar surface area (TPSA) is 78.5 Å². The Morgan fingerprint density at radius 3 is 2.15 bits per heavy atom. The van der Waals surface area contributed by atoms with E-state index in [0.29, 0.717) is 31.5 Å². The van der Waals surface area contributed by atoms with Crippen molar-refractivity contribution in [3.05, 3.63) is 35.6 Å². The van der Waals surface area contributed by atoms with Gasteiger partial charge >= 0.3 is 0 Å². The fourth-order valence-electron chi connectivity index (χ4n) is 3.15. The lowest BCUT2D eigenvalue weighted by molar-refractivity contribution is -0.130. The van der Waals surface area contributed by atoms with Crippen molar-refractivity contribution in [1.82, 2.24) is 15.5 Å². The summed E-state index contributed by atoms with van der Waals surface area (Å²) in [6, 6.07) is 4.46. The summed E-state index contributed by atoms with van der Waals surface area (Å²) in [7, 11) is 0. The van der Waals surface area contributed by atoms with Crippen LogP contribution < -0.4 is 10.6 Å². The van der Waals surface area contributed by atoms with E-state index in [1.807, 2.05) is 13.8 Å². The number of benzene rings is 1. The van der Waals surface area contributed by atoms with Gasteiger partial charge in [0.1, 0.15) is 11.9 Å². The Hall–Kier alpha value is -2.44. The molecule has 7 heteroatoms. The van der Waals surface area contributed by atoms with E-state index in [1.54, 1.807) is 4.90 Å². The summed E-state index contributed by atoms with van der Waals surface area (Å²) in [5.41, 5.74) is 0.301. The zero-order valence-electron chi connectivity index (χ0n) is 15.4. The highest BCUT2D eigenvalue weighted by atomic mass is 19.1. The van der Waals surface area contributed by atoms with Crippen LogP contribution in [0.3, 0.4) is 0 Å². The molecule has 0 saturated carbocycles. The maximum absolute atomic E-state index is 13.0. The van der Waals surface area contributed by atoms with Gasteiger partial charge in [0.2, 0.25) is 11.8 Å². The molecule has 1 unspecified atom stereocenters. The second-order valence-electron chi connectivity index (χ2n) is 6.96. The molecule has 0 bridgehead atoms. The number of rotatable bonds is 5. The van der Waals surface area contributed by atoms with Crippen LogP contribution in [-0.4, -0.2) is 47.8 Å². The minimum atomic E-state index is -0.691. The molecule has 0 aliphatic carbocycles. The molecule has 2 rings (SSSR count). The zero-order valence-corrected chi connectivity index (χ0v) is 15.4. The van der Waals surface area contributed by atoms with E-state index in [0.717, 1.165) is 0 Å². The summed E-state index contributed by atoms with van der Waals surface area (Å²) in [5.74, 6) is -1.12. The zero-order chi connectivity index (χ0) is 19.3. The van der Waals surface area contributed by atoms with Crippen LogP contribution in [-0.2, 0) is 9.59 Å². The SMILES string of the molecule is CC(=O)N1CCC(C(NC(=O)c2ccc(F)cc2)C(=O)NC(C)C)CC1. The van der Waals surface area contributed by atoms with E-state index in [-0.39, 0.29) is 23.8 Å². The Kier molecular flexibility index (Phi) is 6.71. The highest BCUT2D eigenvalue weighted by Crippen LogP contribution is 2.22. The average molecular weight is 363 g/mol. The summed E-state index contributed by atoms with van der Waals surface area (Å²) in [6.07, 6.45) is 1.28. The molecule has 1 aliphatic heterocycles. The Morgan fingerprint density at radius 1 is 1.08 bits per heavy atom. The molecule has 3 amide bonds. The number of carbonyl (C=O) groups is 3. The molecular weight excluding hydrogens is 337 g/mol. The van der Waals surface area contributed by atoms with Gasteiger partial charge in [0.15, 0.2) is 0 Å². The fourth-order valence-corrected chi connectivity index (χ4v) is 3.15. The molecule has 2 N–H and O–H groups in total. The van der Waals surface area contributed by atoms with Crippen LogP contribution in [0.1, 0.15) is 44.0 Å². The first kappa shape index (κ1) is 19.9. The third kappa shape index (κ3) is 5.28. The lowest BCUT2D eigenvalue weighted by Crippen LogP contribution is -2.54. The minimum absolute atomic E-state index is 0.0157. The van der Waals surface area contributed by atoms with E-state index >= 15 is 0 Å². The van der Waals surface area contributed by atoms with Crippen LogP contribution in [0, 0.1) is 11.7 Å². The standard InChI is InChI=1S/C19H26FN3O3/c1-12(2)21-19(26)17(14-8-10-23(11-9-14)13(3)24)22-18(25)15-4-6-16(20)7-5-15/h4-7,12,14,17H,8-11H2,1-3H3,(H,21,26)(H,22,25). The van der Waals surface area contributed by atoms with Gasteiger partial charge in [-0.1, -0.05) is 0 Å². The summed E-state index contributed by atoms with van der Waals surface area (Å²) in [4.78, 5) is 38.4. The average Bonchev–Trinajstić information content (AvgIpc) is 2.59. The highest BCUT2D eigenvalue weighted by molar-refractivity contribution is 5.97. The predicted molar refractivity (Wildman–Crippen MR) is 95.9 cm³/mol. The smallest absolute Gasteiger partial charge is 0.251 e. The number of piperidine rings is 1. The van der Waals surface area contributed by atoms with E-state index < -0.39 is 17.8 Å². The summed E-state index contributed by atoms with van der Waals surface area (Å²) < 4.78 is 13.0. The Morgan fingerprint density at radius 2 is 1.65 bits per heavy atom. The number of hydrogen-bond acceptors (Lipinski definition) is 3. The number of nitrogens with one attached hydrogen (secondary N) is 2.